The van der Waals surface area contributed by atoms with Gasteiger partial charge in [0.15, 0.2) is 0 Å². The van der Waals surface area contributed by atoms with Gasteiger partial charge in [-0.05, 0) is 19.1 Å². The van der Waals surface area contributed by atoms with Gasteiger partial charge in [0.1, 0.15) is 26.2 Å². The van der Waals surface area contributed by atoms with Crippen molar-refractivity contribution >= 4 is 17.6 Å². The first-order valence-corrected chi connectivity index (χ1v) is 10.2. The first-order chi connectivity index (χ1) is 13.2. The zero-order chi connectivity index (χ0) is 19.1. The van der Waals surface area contributed by atoms with Crippen LogP contribution in [-0.4, -0.2) is 70.3 Å². The van der Waals surface area contributed by atoms with Crippen molar-refractivity contribution in [2.45, 2.75) is 25.8 Å². The van der Waals surface area contributed by atoms with Gasteiger partial charge >= 0.3 is 6.03 Å². The number of nitrogens with one attached hydrogen (secondary N) is 4. The molecule has 7 heteroatoms. The van der Waals surface area contributed by atoms with Crippen molar-refractivity contribution in [1.29, 1.82) is 0 Å². The number of benzene rings is 1. The lowest BCUT2D eigenvalue weighted by molar-refractivity contribution is -1.01. The van der Waals surface area contributed by atoms with E-state index in [2.05, 4.69) is 17.6 Å². The molecule has 0 aromatic heterocycles. The Labute approximate surface area is 161 Å². The zero-order valence-electron chi connectivity index (χ0n) is 16.3. The maximum atomic E-state index is 12.2. The Bertz CT molecular complexity index is 616. The molecular weight excluding hydrogens is 342 g/mol. The van der Waals surface area contributed by atoms with Crippen molar-refractivity contribution in [2.75, 3.05) is 57.3 Å². The van der Waals surface area contributed by atoms with Crippen LogP contribution in [0.5, 0.6) is 0 Å². The Morgan fingerprint density at radius 2 is 1.85 bits per heavy atom. The molecule has 0 spiro atoms. The van der Waals surface area contributed by atoms with Crippen molar-refractivity contribution in [3.05, 3.63) is 30.3 Å². The minimum Gasteiger partial charge on any atom is -0.338 e. The normalized spacial score (nSPS) is 25.4. The summed E-state index contributed by atoms with van der Waals surface area (Å²) in [5, 5.41) is 5.88. The molecule has 0 aliphatic carbocycles. The third-order valence-corrected chi connectivity index (χ3v) is 5.68. The Hall–Kier alpha value is -2.12. The highest BCUT2D eigenvalue weighted by atomic mass is 16.2. The van der Waals surface area contributed by atoms with Gasteiger partial charge in [0, 0.05) is 31.6 Å². The SMILES string of the molecule is CC[NH+]1CC[NH+](CCCNC(=O)N[C@@H]2CC(=O)N(c3ccccc3)C2)CC1. The average molecular weight is 376 g/mol. The molecule has 3 amide bonds. The predicted molar refractivity (Wildman–Crippen MR) is 105 cm³/mol. The molecule has 2 aliphatic heterocycles. The second-order valence-electron chi connectivity index (χ2n) is 7.60. The lowest BCUT2D eigenvalue weighted by atomic mass is 10.2. The van der Waals surface area contributed by atoms with Crippen molar-refractivity contribution in [3.8, 4) is 0 Å². The molecule has 0 saturated carbocycles. The fraction of sp³-hybridized carbons (Fsp3) is 0.600. The Kier molecular flexibility index (Phi) is 7.06. The van der Waals surface area contributed by atoms with Crippen LogP contribution in [0.15, 0.2) is 30.3 Å². The molecule has 4 N–H and O–H groups in total. The molecule has 0 radical (unpaired) electrons. The number of hydrogen-bond acceptors (Lipinski definition) is 2. The fourth-order valence-electron chi connectivity index (χ4n) is 4.00. The van der Waals surface area contributed by atoms with Crippen LogP contribution in [0.25, 0.3) is 0 Å². The van der Waals surface area contributed by atoms with Crippen LogP contribution >= 0.6 is 0 Å². The molecule has 27 heavy (non-hydrogen) atoms. The third kappa shape index (κ3) is 5.68. The van der Waals surface area contributed by atoms with E-state index in [-0.39, 0.29) is 18.0 Å². The summed E-state index contributed by atoms with van der Waals surface area (Å²) in [5.41, 5.74) is 0.889. The number of quaternary nitrogens is 2. The number of para-hydroxylation sites is 1. The first-order valence-electron chi connectivity index (χ1n) is 10.2. The third-order valence-electron chi connectivity index (χ3n) is 5.68. The Balaban J connectivity index is 1.31. The van der Waals surface area contributed by atoms with Gasteiger partial charge in [-0.25, -0.2) is 4.79 Å². The van der Waals surface area contributed by atoms with Gasteiger partial charge < -0.3 is 25.3 Å². The Morgan fingerprint density at radius 1 is 1.15 bits per heavy atom. The zero-order valence-corrected chi connectivity index (χ0v) is 16.3. The van der Waals surface area contributed by atoms with Crippen LogP contribution in [0.3, 0.4) is 0 Å². The molecule has 7 nitrogen and oxygen atoms in total. The van der Waals surface area contributed by atoms with Crippen LogP contribution < -0.4 is 25.3 Å². The predicted octanol–water partition coefficient (Wildman–Crippen LogP) is -1.72. The standard InChI is InChI=1S/C20H31N5O2/c1-2-23-11-13-24(14-12-23)10-6-9-21-20(27)22-17-15-19(26)25(16-17)18-7-4-3-5-8-18/h3-5,7-8,17H,2,6,9-16H2,1H3,(H2,21,22,27)/p+2/t17-/m1/s1. The van der Waals surface area contributed by atoms with Crippen molar-refractivity contribution < 1.29 is 19.4 Å². The molecule has 1 atom stereocenters. The summed E-state index contributed by atoms with van der Waals surface area (Å²) in [6, 6.07) is 9.31. The van der Waals surface area contributed by atoms with Gasteiger partial charge in [0.05, 0.1) is 19.1 Å². The number of amides is 3. The minimum atomic E-state index is -0.169. The maximum Gasteiger partial charge on any atom is 0.315 e. The second-order valence-corrected chi connectivity index (χ2v) is 7.60. The molecule has 2 heterocycles. The van der Waals surface area contributed by atoms with E-state index in [9.17, 15) is 9.59 Å². The molecule has 0 unspecified atom stereocenters. The molecule has 2 fully saturated rings. The molecule has 0 bridgehead atoms. The van der Waals surface area contributed by atoms with E-state index < -0.39 is 0 Å². The molecule has 1 aromatic carbocycles. The minimum absolute atomic E-state index is 0.0588. The highest BCUT2D eigenvalue weighted by Gasteiger charge is 2.31. The second kappa shape index (κ2) is 9.71. The van der Waals surface area contributed by atoms with Gasteiger partial charge in [-0.3, -0.25) is 4.79 Å². The van der Waals surface area contributed by atoms with Crippen molar-refractivity contribution in [1.82, 2.24) is 10.6 Å². The number of rotatable bonds is 7. The fourth-order valence-corrected chi connectivity index (χ4v) is 4.00. The number of carbonyl (C=O) groups excluding carboxylic acids is 2. The highest BCUT2D eigenvalue weighted by Crippen LogP contribution is 2.20. The molecule has 3 rings (SSSR count). The summed E-state index contributed by atoms with van der Waals surface area (Å²) in [7, 11) is 0. The van der Waals surface area contributed by atoms with Crippen molar-refractivity contribution in [3.63, 3.8) is 0 Å². The summed E-state index contributed by atoms with van der Waals surface area (Å²) in [4.78, 5) is 29.4. The number of carbonyl (C=O) groups is 2. The lowest BCUT2D eigenvalue weighted by Gasteiger charge is -2.29. The summed E-state index contributed by atoms with van der Waals surface area (Å²) >= 11 is 0. The van der Waals surface area contributed by atoms with Gasteiger partial charge in [-0.15, -0.1) is 0 Å². The Morgan fingerprint density at radius 3 is 2.56 bits per heavy atom. The van der Waals surface area contributed by atoms with Crippen LogP contribution in [-0.2, 0) is 4.79 Å². The van der Waals surface area contributed by atoms with Gasteiger partial charge in [-0.2, -0.15) is 0 Å². The maximum absolute atomic E-state index is 12.2. The monoisotopic (exact) mass is 375 g/mol. The van der Waals surface area contributed by atoms with E-state index >= 15 is 0 Å². The molecule has 2 saturated heterocycles. The number of likely N-dealkylation sites (N-methyl/N-ethyl adjacent to an activating group) is 1. The molecular formula is C20H33N5O2+2. The first kappa shape index (κ1) is 19.6. The largest absolute Gasteiger partial charge is 0.338 e. The number of anilines is 1. The van der Waals surface area contributed by atoms with Crippen LogP contribution in [0.2, 0.25) is 0 Å². The van der Waals surface area contributed by atoms with E-state index in [1.807, 2.05) is 30.3 Å². The van der Waals surface area contributed by atoms with Gasteiger partial charge in [0.2, 0.25) is 5.91 Å². The van der Waals surface area contributed by atoms with E-state index in [1.165, 1.54) is 32.7 Å². The smallest absolute Gasteiger partial charge is 0.315 e. The van der Waals surface area contributed by atoms with E-state index in [4.69, 9.17) is 0 Å². The van der Waals surface area contributed by atoms with Crippen LogP contribution in [0.4, 0.5) is 10.5 Å². The van der Waals surface area contributed by atoms with E-state index in [0.29, 0.717) is 19.5 Å². The topological polar surface area (TPSA) is 70.3 Å². The van der Waals surface area contributed by atoms with Gasteiger partial charge in [-0.1, -0.05) is 18.2 Å². The van der Waals surface area contributed by atoms with Crippen LogP contribution in [0.1, 0.15) is 19.8 Å². The summed E-state index contributed by atoms with van der Waals surface area (Å²) in [6.45, 7) is 10.8. The number of piperazine rings is 1. The summed E-state index contributed by atoms with van der Waals surface area (Å²) in [5.74, 6) is 0.0588. The summed E-state index contributed by atoms with van der Waals surface area (Å²) < 4.78 is 0. The highest BCUT2D eigenvalue weighted by molar-refractivity contribution is 5.96. The van der Waals surface area contributed by atoms with Crippen molar-refractivity contribution in [2.24, 2.45) is 0 Å². The number of nitrogens with zero attached hydrogens (tertiary/aromatic N) is 1. The summed E-state index contributed by atoms with van der Waals surface area (Å²) in [6.07, 6.45) is 1.35. The molecule has 148 valence electrons. The molecule has 1 aromatic rings. The molecule has 2 aliphatic rings. The van der Waals surface area contributed by atoms with Crippen LogP contribution in [0, 0.1) is 0 Å². The number of hydrogen-bond donors (Lipinski definition) is 4. The number of urea groups is 1. The van der Waals surface area contributed by atoms with Gasteiger partial charge in [0.25, 0.3) is 0 Å². The van der Waals surface area contributed by atoms with E-state index in [0.717, 1.165) is 18.7 Å². The quantitative estimate of drug-likeness (QED) is 0.429. The lowest BCUT2D eigenvalue weighted by Crippen LogP contribution is -3.28. The van der Waals surface area contributed by atoms with E-state index in [1.54, 1.807) is 14.7 Å². The average Bonchev–Trinajstić information content (AvgIpc) is 3.06.